The second-order valence-electron chi connectivity index (χ2n) is 4.71. The van der Waals surface area contributed by atoms with E-state index in [0.29, 0.717) is 12.1 Å². The molecule has 0 bridgehead atoms. The van der Waals surface area contributed by atoms with E-state index in [0.717, 1.165) is 45.9 Å². The van der Waals surface area contributed by atoms with Crippen LogP contribution in [0.5, 0.6) is 0 Å². The van der Waals surface area contributed by atoms with Crippen molar-refractivity contribution in [3.8, 4) is 0 Å². The first-order valence-corrected chi connectivity index (χ1v) is 6.58. The maximum atomic E-state index is 5.67. The number of morpholine rings is 1. The topological polar surface area (TPSA) is 42.5 Å². The Hall–Kier alpha value is -0.160. The van der Waals surface area contributed by atoms with E-state index >= 15 is 0 Å². The first-order chi connectivity index (χ1) is 7.95. The Morgan fingerprint density at radius 3 is 3.00 bits per heavy atom. The van der Waals surface area contributed by atoms with Gasteiger partial charge < -0.3 is 20.1 Å². The molecule has 0 amide bonds. The van der Waals surface area contributed by atoms with E-state index in [-0.39, 0.29) is 0 Å². The molecule has 16 heavy (non-hydrogen) atoms. The lowest BCUT2D eigenvalue weighted by atomic mass is 10.1. The van der Waals surface area contributed by atoms with Gasteiger partial charge in [-0.3, -0.25) is 0 Å². The summed E-state index contributed by atoms with van der Waals surface area (Å²) in [7, 11) is 0. The van der Waals surface area contributed by atoms with Gasteiger partial charge in [-0.15, -0.1) is 0 Å². The summed E-state index contributed by atoms with van der Waals surface area (Å²) >= 11 is 0. The third-order valence-corrected chi connectivity index (χ3v) is 3.31. The molecule has 94 valence electrons. The highest BCUT2D eigenvalue weighted by atomic mass is 16.5. The Balaban J connectivity index is 1.47. The van der Waals surface area contributed by atoms with Crippen LogP contribution in [0.15, 0.2) is 0 Å². The molecule has 0 aromatic heterocycles. The Labute approximate surface area is 98.1 Å². The molecular weight excluding hydrogens is 204 g/mol. The maximum absolute atomic E-state index is 5.67. The van der Waals surface area contributed by atoms with Gasteiger partial charge in [0, 0.05) is 25.7 Å². The van der Waals surface area contributed by atoms with E-state index in [1.54, 1.807) is 0 Å². The minimum atomic E-state index is 0.448. The van der Waals surface area contributed by atoms with Crippen molar-refractivity contribution in [2.24, 2.45) is 0 Å². The predicted molar refractivity (Wildman–Crippen MR) is 63.7 cm³/mol. The Kier molecular flexibility index (Phi) is 5.55. The molecule has 2 rings (SSSR count). The summed E-state index contributed by atoms with van der Waals surface area (Å²) in [6.45, 7) is 5.73. The average molecular weight is 228 g/mol. The van der Waals surface area contributed by atoms with E-state index in [1.165, 1.54) is 19.3 Å². The molecule has 2 aliphatic rings. The van der Waals surface area contributed by atoms with E-state index in [2.05, 4.69) is 10.6 Å². The van der Waals surface area contributed by atoms with Crippen molar-refractivity contribution >= 4 is 0 Å². The zero-order chi connectivity index (χ0) is 11.1. The Morgan fingerprint density at radius 2 is 2.25 bits per heavy atom. The van der Waals surface area contributed by atoms with Gasteiger partial charge in [0.25, 0.3) is 0 Å². The zero-order valence-electron chi connectivity index (χ0n) is 10.0. The molecular formula is C12H24N2O2. The summed E-state index contributed by atoms with van der Waals surface area (Å²) in [5.41, 5.74) is 0. The van der Waals surface area contributed by atoms with Crippen LogP contribution >= 0.6 is 0 Å². The lowest BCUT2D eigenvalue weighted by molar-refractivity contribution is 0.0165. The van der Waals surface area contributed by atoms with Crippen molar-refractivity contribution in [2.75, 3.05) is 39.5 Å². The molecule has 2 aliphatic heterocycles. The van der Waals surface area contributed by atoms with Gasteiger partial charge >= 0.3 is 0 Å². The van der Waals surface area contributed by atoms with Gasteiger partial charge in [-0.1, -0.05) is 0 Å². The van der Waals surface area contributed by atoms with Crippen LogP contribution in [0.4, 0.5) is 0 Å². The summed E-state index contributed by atoms with van der Waals surface area (Å²) in [6.07, 6.45) is 5.37. The lowest BCUT2D eigenvalue weighted by Gasteiger charge is -2.25. The molecule has 0 aromatic carbocycles. The normalized spacial score (nSPS) is 31.5. The van der Waals surface area contributed by atoms with Crippen LogP contribution in [0.25, 0.3) is 0 Å². The first kappa shape index (κ1) is 12.3. The summed E-state index contributed by atoms with van der Waals surface area (Å²) in [6, 6.07) is 0.536. The molecule has 4 heteroatoms. The fraction of sp³-hybridized carbons (Fsp3) is 1.00. The van der Waals surface area contributed by atoms with Crippen molar-refractivity contribution < 1.29 is 9.47 Å². The second-order valence-corrected chi connectivity index (χ2v) is 4.71. The van der Waals surface area contributed by atoms with E-state index in [1.807, 2.05) is 0 Å². The molecule has 0 spiro atoms. The van der Waals surface area contributed by atoms with Crippen molar-refractivity contribution in [1.29, 1.82) is 0 Å². The molecule has 0 radical (unpaired) electrons. The van der Waals surface area contributed by atoms with Crippen LogP contribution in [0.1, 0.15) is 25.7 Å². The van der Waals surface area contributed by atoms with Crippen molar-refractivity contribution in [3.63, 3.8) is 0 Å². The highest BCUT2D eigenvalue weighted by Crippen LogP contribution is 2.11. The van der Waals surface area contributed by atoms with Crippen molar-refractivity contribution in [1.82, 2.24) is 10.6 Å². The molecule has 2 saturated heterocycles. The van der Waals surface area contributed by atoms with E-state index in [4.69, 9.17) is 9.47 Å². The molecule has 2 atom stereocenters. The predicted octanol–water partition coefficient (Wildman–Crippen LogP) is 0.524. The number of ether oxygens (including phenoxy) is 2. The van der Waals surface area contributed by atoms with Crippen LogP contribution in [0, 0.1) is 0 Å². The van der Waals surface area contributed by atoms with E-state index in [9.17, 15) is 0 Å². The quantitative estimate of drug-likeness (QED) is 0.673. The van der Waals surface area contributed by atoms with E-state index < -0.39 is 0 Å². The monoisotopic (exact) mass is 228 g/mol. The van der Waals surface area contributed by atoms with Crippen LogP contribution in [-0.4, -0.2) is 51.6 Å². The largest absolute Gasteiger partial charge is 0.379 e. The fourth-order valence-electron chi connectivity index (χ4n) is 2.31. The minimum Gasteiger partial charge on any atom is -0.379 e. The standard InChI is InChI=1S/C12H24N2O2/c1-2-7-16-12(3-1)9-13-5-4-11-10-15-8-6-14-11/h11-14H,1-10H2. The third-order valence-electron chi connectivity index (χ3n) is 3.31. The smallest absolute Gasteiger partial charge is 0.0699 e. The van der Waals surface area contributed by atoms with Crippen LogP contribution in [0.3, 0.4) is 0 Å². The SMILES string of the molecule is C1CCC(CNCCC2COCCN2)OC1. The first-order valence-electron chi connectivity index (χ1n) is 6.58. The molecule has 0 saturated carbocycles. The highest BCUT2D eigenvalue weighted by Gasteiger charge is 2.14. The molecule has 2 fully saturated rings. The molecule has 4 nitrogen and oxygen atoms in total. The van der Waals surface area contributed by atoms with Gasteiger partial charge in [0.2, 0.25) is 0 Å². The summed E-state index contributed by atoms with van der Waals surface area (Å²) in [5, 5.41) is 6.94. The fourth-order valence-corrected chi connectivity index (χ4v) is 2.31. The van der Waals surface area contributed by atoms with Crippen molar-refractivity contribution in [3.05, 3.63) is 0 Å². The average Bonchev–Trinajstić information content (AvgIpc) is 2.37. The number of hydrogen-bond donors (Lipinski definition) is 2. The summed E-state index contributed by atoms with van der Waals surface area (Å²) < 4.78 is 11.1. The number of hydrogen-bond acceptors (Lipinski definition) is 4. The summed E-state index contributed by atoms with van der Waals surface area (Å²) in [5.74, 6) is 0. The third kappa shape index (κ3) is 4.37. The molecule has 2 N–H and O–H groups in total. The van der Waals surface area contributed by atoms with Gasteiger partial charge in [-0.05, 0) is 32.2 Å². The Bertz CT molecular complexity index is 158. The Morgan fingerprint density at radius 1 is 1.25 bits per heavy atom. The summed E-state index contributed by atoms with van der Waals surface area (Å²) in [4.78, 5) is 0. The molecule has 0 aromatic rings. The molecule has 0 aliphatic carbocycles. The van der Waals surface area contributed by atoms with Gasteiger partial charge in [0.1, 0.15) is 0 Å². The maximum Gasteiger partial charge on any atom is 0.0699 e. The van der Waals surface area contributed by atoms with Crippen LogP contribution in [-0.2, 0) is 9.47 Å². The highest BCUT2D eigenvalue weighted by molar-refractivity contribution is 4.72. The van der Waals surface area contributed by atoms with Gasteiger partial charge in [0.15, 0.2) is 0 Å². The van der Waals surface area contributed by atoms with Gasteiger partial charge in [-0.25, -0.2) is 0 Å². The van der Waals surface area contributed by atoms with Crippen LogP contribution < -0.4 is 10.6 Å². The lowest BCUT2D eigenvalue weighted by Crippen LogP contribution is -2.43. The minimum absolute atomic E-state index is 0.448. The number of rotatable bonds is 5. The number of nitrogens with one attached hydrogen (secondary N) is 2. The molecule has 2 heterocycles. The van der Waals surface area contributed by atoms with Gasteiger partial charge in [-0.2, -0.15) is 0 Å². The molecule has 2 unspecified atom stereocenters. The van der Waals surface area contributed by atoms with Crippen LogP contribution in [0.2, 0.25) is 0 Å². The zero-order valence-corrected chi connectivity index (χ0v) is 10.0. The van der Waals surface area contributed by atoms with Gasteiger partial charge in [0.05, 0.1) is 19.3 Å². The van der Waals surface area contributed by atoms with Crippen molar-refractivity contribution in [2.45, 2.75) is 37.8 Å². The second kappa shape index (κ2) is 7.22.